The maximum atomic E-state index is 13.1. The fourth-order valence-corrected chi connectivity index (χ4v) is 6.25. The lowest BCUT2D eigenvalue weighted by Crippen LogP contribution is -2.40. The third-order valence-corrected chi connectivity index (χ3v) is 8.20. The molecule has 0 bridgehead atoms. The van der Waals surface area contributed by atoms with Crippen molar-refractivity contribution in [2.45, 2.75) is 55.3 Å². The van der Waals surface area contributed by atoms with Crippen molar-refractivity contribution in [3.63, 3.8) is 0 Å². The van der Waals surface area contributed by atoms with Crippen LogP contribution in [0.2, 0.25) is 0 Å². The molecule has 1 atom stereocenters. The molecule has 0 spiro atoms. The summed E-state index contributed by atoms with van der Waals surface area (Å²) < 4.78 is 34.0. The van der Waals surface area contributed by atoms with Crippen LogP contribution in [0.1, 0.15) is 59.8 Å². The molecule has 0 saturated heterocycles. The molecule has 0 radical (unpaired) electrons. The van der Waals surface area contributed by atoms with Crippen LogP contribution < -0.4 is 14.8 Å². The molecular formula is C23H26N2O4S. The van der Waals surface area contributed by atoms with Gasteiger partial charge < -0.3 is 10.1 Å². The Morgan fingerprint density at radius 2 is 1.97 bits per heavy atom. The Morgan fingerprint density at radius 3 is 2.70 bits per heavy atom. The highest BCUT2D eigenvalue weighted by molar-refractivity contribution is 7.90. The molecule has 30 heavy (non-hydrogen) atoms. The second kappa shape index (κ2) is 7.30. The molecule has 2 aromatic carbocycles. The Labute approximate surface area is 177 Å². The average Bonchev–Trinajstić information content (AvgIpc) is 2.67. The van der Waals surface area contributed by atoms with Crippen molar-refractivity contribution in [2.24, 2.45) is 0 Å². The van der Waals surface area contributed by atoms with E-state index < -0.39 is 21.8 Å². The van der Waals surface area contributed by atoms with E-state index in [-0.39, 0.29) is 4.90 Å². The third-order valence-electron chi connectivity index (χ3n) is 6.77. The van der Waals surface area contributed by atoms with Gasteiger partial charge in [-0.3, -0.25) is 4.79 Å². The van der Waals surface area contributed by atoms with Gasteiger partial charge in [0, 0.05) is 17.8 Å². The quantitative estimate of drug-likeness (QED) is 0.765. The lowest BCUT2D eigenvalue weighted by atomic mass is 9.68. The number of carbonyl (C=O) groups is 1. The first-order chi connectivity index (χ1) is 14.5. The first-order valence-corrected chi connectivity index (χ1v) is 12.1. The van der Waals surface area contributed by atoms with E-state index in [2.05, 4.69) is 16.1 Å². The van der Waals surface area contributed by atoms with Gasteiger partial charge in [0.1, 0.15) is 5.75 Å². The van der Waals surface area contributed by atoms with Crippen LogP contribution in [-0.2, 0) is 27.7 Å². The number of anilines is 1. The molecule has 1 saturated carbocycles. The van der Waals surface area contributed by atoms with Crippen molar-refractivity contribution in [1.29, 1.82) is 0 Å². The number of hydrogen-bond acceptors (Lipinski definition) is 5. The smallest absolute Gasteiger partial charge is 0.264 e. The Morgan fingerprint density at radius 1 is 1.13 bits per heavy atom. The Kier molecular flexibility index (Phi) is 4.73. The molecule has 1 fully saturated rings. The number of sulfonamides is 1. The molecule has 2 aliphatic carbocycles. The van der Waals surface area contributed by atoms with Crippen LogP contribution in [-0.4, -0.2) is 28.0 Å². The number of nitrogens with one attached hydrogen (secondary N) is 2. The van der Waals surface area contributed by atoms with Gasteiger partial charge in [0.05, 0.1) is 17.9 Å². The number of amides is 1. The molecule has 3 aliphatic rings. The molecule has 1 unspecified atom stereocenters. The Bertz CT molecular complexity index is 1120. The Balaban J connectivity index is 1.42. The number of fused-ring (bicyclic) bond motifs is 2. The normalized spacial score (nSPS) is 20.1. The summed E-state index contributed by atoms with van der Waals surface area (Å²) in [6.07, 6.45) is 5.70. The standard InChI is InChI=1S/C23H26N2O4S/c1-29-20-11-10-15(14-5-2-6-14)17-13-18(22(17)20)23(26)25-30(27,28)21-9-3-8-19-16(21)7-4-12-24-19/h3,8-11,14,18,24H,2,4-7,12-13H2,1H3,(H,25,26). The number of hydrogen-bond donors (Lipinski definition) is 2. The van der Waals surface area contributed by atoms with Crippen molar-refractivity contribution in [1.82, 2.24) is 4.72 Å². The summed E-state index contributed by atoms with van der Waals surface area (Å²) in [5, 5.41) is 3.24. The predicted molar refractivity (Wildman–Crippen MR) is 115 cm³/mol. The molecule has 1 amide bonds. The zero-order valence-corrected chi connectivity index (χ0v) is 17.8. The van der Waals surface area contributed by atoms with Crippen molar-refractivity contribution < 1.29 is 17.9 Å². The van der Waals surface area contributed by atoms with Gasteiger partial charge in [-0.1, -0.05) is 18.6 Å². The number of benzene rings is 2. The molecule has 2 N–H and O–H groups in total. The SMILES string of the molecule is COc1ccc(C2CCC2)c2c1C(C(=O)NS(=O)(=O)c1cccc3c1CCCN3)C2. The summed E-state index contributed by atoms with van der Waals surface area (Å²) in [4.78, 5) is 13.2. The minimum Gasteiger partial charge on any atom is -0.496 e. The van der Waals surface area contributed by atoms with Gasteiger partial charge >= 0.3 is 0 Å². The van der Waals surface area contributed by atoms with Crippen molar-refractivity contribution in [3.8, 4) is 5.75 Å². The molecule has 1 heterocycles. The van der Waals surface area contributed by atoms with E-state index in [0.29, 0.717) is 24.5 Å². The summed E-state index contributed by atoms with van der Waals surface area (Å²) in [6.45, 7) is 0.824. The van der Waals surface area contributed by atoms with Gasteiger partial charge in [0.25, 0.3) is 10.0 Å². The largest absolute Gasteiger partial charge is 0.496 e. The van der Waals surface area contributed by atoms with E-state index in [0.717, 1.165) is 35.3 Å². The van der Waals surface area contributed by atoms with Crippen molar-refractivity contribution in [2.75, 3.05) is 19.0 Å². The van der Waals surface area contributed by atoms with Gasteiger partial charge in [0.15, 0.2) is 0 Å². The van der Waals surface area contributed by atoms with Gasteiger partial charge in [-0.25, -0.2) is 13.1 Å². The van der Waals surface area contributed by atoms with E-state index in [4.69, 9.17) is 4.74 Å². The van der Waals surface area contributed by atoms with Gasteiger partial charge in [-0.15, -0.1) is 0 Å². The van der Waals surface area contributed by atoms with Crippen LogP contribution in [0.4, 0.5) is 5.69 Å². The maximum Gasteiger partial charge on any atom is 0.264 e. The molecule has 158 valence electrons. The minimum atomic E-state index is -3.94. The van der Waals surface area contributed by atoms with Gasteiger partial charge in [-0.2, -0.15) is 0 Å². The van der Waals surface area contributed by atoms with Crippen LogP contribution in [0.15, 0.2) is 35.2 Å². The van der Waals surface area contributed by atoms with Crippen LogP contribution in [0.3, 0.4) is 0 Å². The third kappa shape index (κ3) is 3.07. The zero-order chi connectivity index (χ0) is 20.9. The van der Waals surface area contributed by atoms with Crippen LogP contribution >= 0.6 is 0 Å². The van der Waals surface area contributed by atoms with Gasteiger partial charge in [-0.05, 0) is 72.9 Å². The Hall–Kier alpha value is -2.54. The molecular weight excluding hydrogens is 400 g/mol. The van der Waals surface area contributed by atoms with E-state index in [9.17, 15) is 13.2 Å². The highest BCUT2D eigenvalue weighted by Gasteiger charge is 2.40. The van der Waals surface area contributed by atoms with E-state index in [1.165, 1.54) is 24.8 Å². The summed E-state index contributed by atoms with van der Waals surface area (Å²) in [5.74, 6) is 0.245. The summed E-state index contributed by atoms with van der Waals surface area (Å²) in [7, 11) is -2.36. The molecule has 6 nitrogen and oxygen atoms in total. The van der Waals surface area contributed by atoms with Crippen LogP contribution in [0, 0.1) is 0 Å². The number of rotatable bonds is 5. The molecule has 0 aromatic heterocycles. The lowest BCUT2D eigenvalue weighted by Gasteiger charge is -2.37. The first-order valence-electron chi connectivity index (χ1n) is 10.6. The fraction of sp³-hybridized carbons (Fsp3) is 0.435. The molecule has 2 aromatic rings. The van der Waals surface area contributed by atoms with Crippen LogP contribution in [0.25, 0.3) is 0 Å². The zero-order valence-electron chi connectivity index (χ0n) is 17.0. The fourth-order valence-electron chi connectivity index (χ4n) is 4.94. The van der Waals surface area contributed by atoms with Crippen LogP contribution in [0.5, 0.6) is 5.75 Å². The highest BCUT2D eigenvalue weighted by atomic mass is 32.2. The summed E-state index contributed by atoms with van der Waals surface area (Å²) in [5.41, 5.74) is 4.90. The average molecular weight is 427 g/mol. The summed E-state index contributed by atoms with van der Waals surface area (Å²) >= 11 is 0. The highest BCUT2D eigenvalue weighted by Crippen LogP contribution is 2.49. The maximum absolute atomic E-state index is 13.1. The van der Waals surface area contributed by atoms with E-state index in [1.54, 1.807) is 19.2 Å². The second-order valence-electron chi connectivity index (χ2n) is 8.42. The summed E-state index contributed by atoms with van der Waals surface area (Å²) in [6, 6.07) is 9.19. The minimum absolute atomic E-state index is 0.190. The predicted octanol–water partition coefficient (Wildman–Crippen LogP) is 3.47. The topological polar surface area (TPSA) is 84.5 Å². The molecule has 7 heteroatoms. The molecule has 1 aliphatic heterocycles. The first kappa shape index (κ1) is 19.4. The number of methoxy groups -OCH3 is 1. The van der Waals surface area contributed by atoms with Crippen molar-refractivity contribution in [3.05, 3.63) is 52.6 Å². The van der Waals surface area contributed by atoms with Gasteiger partial charge in [0.2, 0.25) is 5.91 Å². The lowest BCUT2D eigenvalue weighted by molar-refractivity contribution is -0.121. The molecule has 5 rings (SSSR count). The number of ether oxygens (including phenoxy) is 1. The van der Waals surface area contributed by atoms with E-state index in [1.807, 2.05) is 12.1 Å². The second-order valence-corrected chi connectivity index (χ2v) is 10.1. The van der Waals surface area contributed by atoms with Crippen molar-refractivity contribution >= 4 is 21.6 Å². The van der Waals surface area contributed by atoms with E-state index >= 15 is 0 Å². The number of carbonyl (C=O) groups excluding carboxylic acids is 1. The monoisotopic (exact) mass is 426 g/mol.